The van der Waals surface area contributed by atoms with Gasteiger partial charge in [-0.3, -0.25) is 4.79 Å². The lowest BCUT2D eigenvalue weighted by atomic mass is 9.82. The summed E-state index contributed by atoms with van der Waals surface area (Å²) in [7, 11) is 0. The average molecular weight is 528 g/mol. The van der Waals surface area contributed by atoms with Crippen molar-refractivity contribution < 1.29 is 22.4 Å². The van der Waals surface area contributed by atoms with E-state index in [0.717, 1.165) is 76.0 Å². The molecule has 3 aromatic rings. The fourth-order valence-electron chi connectivity index (χ4n) is 6.13. The van der Waals surface area contributed by atoms with Gasteiger partial charge < -0.3 is 9.88 Å². The first-order valence-electron chi connectivity index (χ1n) is 13.7. The Kier molecular flexibility index (Phi) is 8.15. The maximum Gasteiger partial charge on any atom is 0.243 e. The van der Waals surface area contributed by atoms with Gasteiger partial charge in [-0.2, -0.15) is 0 Å². The van der Waals surface area contributed by atoms with Gasteiger partial charge in [-0.1, -0.05) is 50.7 Å². The van der Waals surface area contributed by atoms with Crippen molar-refractivity contribution in [3.05, 3.63) is 77.1 Å². The highest BCUT2D eigenvalue weighted by molar-refractivity contribution is 5.82. The number of hydrogen-bond acceptors (Lipinski definition) is 2. The van der Waals surface area contributed by atoms with Crippen molar-refractivity contribution in [1.29, 1.82) is 0 Å². The highest BCUT2D eigenvalue weighted by atomic mass is 19.2. The zero-order valence-corrected chi connectivity index (χ0v) is 21.4. The van der Waals surface area contributed by atoms with E-state index in [9.17, 15) is 18.0 Å². The second-order valence-corrected chi connectivity index (χ2v) is 10.7. The molecule has 1 N–H and O–H groups in total. The summed E-state index contributed by atoms with van der Waals surface area (Å²) in [6.07, 6.45) is 13.1. The fraction of sp³-hybridized carbons (Fsp3) is 0.467. The fourth-order valence-corrected chi connectivity index (χ4v) is 6.13. The Balaban J connectivity index is 1.55. The van der Waals surface area contributed by atoms with E-state index in [0.29, 0.717) is 5.56 Å². The normalized spacial score (nSPS) is 17.9. The number of carbonyl (C=O) groups excluding carboxylic acids is 1. The molecule has 0 saturated heterocycles. The molecule has 1 heterocycles. The minimum atomic E-state index is -1.10. The molecule has 0 spiro atoms. The molecular formula is C30H33F4N3O. The molecule has 38 heavy (non-hydrogen) atoms. The van der Waals surface area contributed by atoms with E-state index in [1.54, 1.807) is 10.8 Å². The van der Waals surface area contributed by atoms with E-state index in [1.165, 1.54) is 24.8 Å². The monoisotopic (exact) mass is 527 g/mol. The number of carbonyl (C=O) groups is 1. The van der Waals surface area contributed by atoms with Gasteiger partial charge in [0.05, 0.1) is 5.56 Å². The molecule has 1 aromatic heterocycles. The van der Waals surface area contributed by atoms with Crippen LogP contribution in [-0.4, -0.2) is 21.5 Å². The number of imidazole rings is 1. The van der Waals surface area contributed by atoms with Crippen LogP contribution >= 0.6 is 0 Å². The Labute approximate surface area is 220 Å². The van der Waals surface area contributed by atoms with Crippen LogP contribution in [0.1, 0.15) is 81.4 Å². The summed E-state index contributed by atoms with van der Waals surface area (Å²) >= 11 is 0. The molecular weight excluding hydrogens is 494 g/mol. The molecule has 0 aliphatic heterocycles. The van der Waals surface area contributed by atoms with Crippen molar-refractivity contribution >= 4 is 5.91 Å². The first kappa shape index (κ1) is 26.4. The van der Waals surface area contributed by atoms with Crippen molar-refractivity contribution in [3.63, 3.8) is 0 Å². The molecule has 2 aliphatic rings. The summed E-state index contributed by atoms with van der Waals surface area (Å²) in [6, 6.07) is 5.08. The largest absolute Gasteiger partial charge is 0.352 e. The highest BCUT2D eigenvalue weighted by Gasteiger charge is 2.35. The van der Waals surface area contributed by atoms with Gasteiger partial charge in [0.1, 0.15) is 23.5 Å². The second kappa shape index (κ2) is 11.7. The molecule has 4 nitrogen and oxygen atoms in total. The quantitative estimate of drug-likeness (QED) is 0.329. The van der Waals surface area contributed by atoms with Gasteiger partial charge in [-0.15, -0.1) is 0 Å². The lowest BCUT2D eigenvalue weighted by molar-refractivity contribution is -0.127. The van der Waals surface area contributed by atoms with E-state index < -0.39 is 29.3 Å². The van der Waals surface area contributed by atoms with Gasteiger partial charge in [0.2, 0.25) is 5.91 Å². The maximum absolute atomic E-state index is 15.5. The smallest absolute Gasteiger partial charge is 0.243 e. The number of rotatable bonds is 7. The van der Waals surface area contributed by atoms with Gasteiger partial charge in [0.15, 0.2) is 11.6 Å². The summed E-state index contributed by atoms with van der Waals surface area (Å²) in [5, 5.41) is 3.24. The molecule has 2 fully saturated rings. The lowest BCUT2D eigenvalue weighted by Gasteiger charge is -2.33. The summed E-state index contributed by atoms with van der Waals surface area (Å²) in [4.78, 5) is 18.2. The molecule has 2 aliphatic carbocycles. The van der Waals surface area contributed by atoms with Crippen LogP contribution < -0.4 is 5.32 Å². The van der Waals surface area contributed by atoms with E-state index in [1.807, 2.05) is 0 Å². The van der Waals surface area contributed by atoms with Gasteiger partial charge in [-0.25, -0.2) is 22.5 Å². The van der Waals surface area contributed by atoms with Crippen molar-refractivity contribution in [2.75, 3.05) is 0 Å². The average Bonchev–Trinajstić information content (AvgIpc) is 3.38. The topological polar surface area (TPSA) is 46.9 Å². The Morgan fingerprint density at radius 1 is 0.895 bits per heavy atom. The van der Waals surface area contributed by atoms with Crippen molar-refractivity contribution in [1.82, 2.24) is 14.9 Å². The van der Waals surface area contributed by atoms with Gasteiger partial charge >= 0.3 is 0 Å². The second-order valence-electron chi connectivity index (χ2n) is 10.7. The molecule has 0 radical (unpaired) electrons. The number of benzene rings is 2. The van der Waals surface area contributed by atoms with Gasteiger partial charge in [0.25, 0.3) is 0 Å². The predicted molar refractivity (Wildman–Crippen MR) is 137 cm³/mol. The number of hydrogen-bond donors (Lipinski definition) is 1. The zero-order valence-electron chi connectivity index (χ0n) is 21.4. The van der Waals surface area contributed by atoms with E-state index in [4.69, 9.17) is 0 Å². The Bertz CT molecular complexity index is 1280. The highest BCUT2D eigenvalue weighted by Crippen LogP contribution is 2.38. The van der Waals surface area contributed by atoms with Crippen LogP contribution in [0.3, 0.4) is 0 Å². The van der Waals surface area contributed by atoms with Crippen LogP contribution in [0.2, 0.25) is 0 Å². The van der Waals surface area contributed by atoms with E-state index >= 15 is 4.39 Å². The van der Waals surface area contributed by atoms with Gasteiger partial charge in [-0.05, 0) is 54.9 Å². The Morgan fingerprint density at radius 3 is 2.29 bits per heavy atom. The molecule has 1 atom stereocenters. The van der Waals surface area contributed by atoms with E-state index in [-0.39, 0.29) is 41.2 Å². The van der Waals surface area contributed by atoms with Crippen molar-refractivity contribution in [2.45, 2.75) is 82.7 Å². The summed E-state index contributed by atoms with van der Waals surface area (Å²) in [5.41, 5.74) is 0.345. The number of nitrogens with zero attached hydrogens (tertiary/aromatic N) is 2. The molecule has 1 unspecified atom stereocenters. The zero-order chi connectivity index (χ0) is 26.6. The first-order valence-corrected chi connectivity index (χ1v) is 13.7. The van der Waals surface area contributed by atoms with Crippen LogP contribution in [0.25, 0.3) is 11.4 Å². The third kappa shape index (κ3) is 5.64. The van der Waals surface area contributed by atoms with E-state index in [2.05, 4.69) is 10.3 Å². The molecule has 0 bridgehead atoms. The minimum absolute atomic E-state index is 0.0369. The summed E-state index contributed by atoms with van der Waals surface area (Å²) in [6.45, 7) is 0. The van der Waals surface area contributed by atoms with Crippen molar-refractivity contribution in [3.8, 4) is 11.4 Å². The molecule has 5 rings (SSSR count). The predicted octanol–water partition coefficient (Wildman–Crippen LogP) is 7.27. The molecule has 2 aromatic carbocycles. The Hall–Kier alpha value is -3.16. The van der Waals surface area contributed by atoms with Crippen molar-refractivity contribution in [2.24, 2.45) is 5.92 Å². The third-order valence-electron chi connectivity index (χ3n) is 8.09. The molecule has 202 valence electrons. The number of amides is 1. The first-order chi connectivity index (χ1) is 18.4. The standard InChI is InChI=1S/C30H33F4N3O/c31-22-13-11-20(25(33)18-22)17-21-12-14-24(32)27(34)26(21)29-35-15-16-37(29)28(19-7-3-1-4-8-19)30(38)36-23-9-5-2-6-10-23/h11-16,18-19,23,28H,1-10,17H2,(H,36,38). The summed E-state index contributed by atoms with van der Waals surface area (Å²) < 4.78 is 59.7. The number of nitrogens with one attached hydrogen (secondary N) is 1. The SMILES string of the molecule is O=C(NC1CCCCC1)C(C1CCCCC1)n1ccnc1-c1c(Cc2ccc(F)cc2F)ccc(F)c1F. The maximum atomic E-state index is 15.5. The van der Waals surface area contributed by atoms with Crippen LogP contribution in [0, 0.1) is 29.2 Å². The molecule has 1 amide bonds. The lowest BCUT2D eigenvalue weighted by Crippen LogP contribution is -2.43. The van der Waals surface area contributed by atoms with Crippen LogP contribution in [0.5, 0.6) is 0 Å². The number of aromatic nitrogens is 2. The van der Waals surface area contributed by atoms with Crippen LogP contribution in [0.4, 0.5) is 17.6 Å². The Morgan fingerprint density at radius 2 is 1.58 bits per heavy atom. The molecule has 8 heteroatoms. The third-order valence-corrected chi connectivity index (χ3v) is 8.09. The minimum Gasteiger partial charge on any atom is -0.352 e. The van der Waals surface area contributed by atoms with Crippen LogP contribution in [0.15, 0.2) is 42.7 Å². The van der Waals surface area contributed by atoms with Crippen LogP contribution in [-0.2, 0) is 11.2 Å². The number of halogens is 4. The van der Waals surface area contributed by atoms with Gasteiger partial charge in [0, 0.05) is 30.9 Å². The summed E-state index contributed by atoms with van der Waals surface area (Å²) in [5.74, 6) is -3.59. The molecule has 2 saturated carbocycles.